The molecular weight excluding hydrogens is 391 g/mol. The van der Waals surface area contributed by atoms with E-state index in [-0.39, 0.29) is 0 Å². The Morgan fingerprint density at radius 1 is 0.419 bits per heavy atom. The van der Waals surface area contributed by atoms with Crippen molar-refractivity contribution in [1.82, 2.24) is 0 Å². The maximum absolute atomic E-state index is 2.57. The Morgan fingerprint density at radius 2 is 0.806 bits per heavy atom. The number of benzene rings is 3. The Bertz CT molecular complexity index is 771. The first-order valence-corrected chi connectivity index (χ1v) is 15.1. The molecule has 0 aliphatic carbocycles. The van der Waals surface area contributed by atoms with Crippen molar-refractivity contribution in [1.29, 1.82) is 0 Å². The molecule has 0 nitrogen and oxygen atoms in total. The molecule has 0 aromatic heterocycles. The summed E-state index contributed by atoms with van der Waals surface area (Å²) in [4.78, 5) is 0. The molecule has 0 amide bonds. The summed E-state index contributed by atoms with van der Waals surface area (Å²) < 4.78 is 0. The van der Waals surface area contributed by atoms with Gasteiger partial charge in [0.2, 0.25) is 0 Å². The van der Waals surface area contributed by atoms with Gasteiger partial charge in [-0.15, -0.1) is 0 Å². The maximum atomic E-state index is 2.43. The first kappa shape index (κ1) is 23.7. The Hall–Kier alpha value is -1.91. The van der Waals surface area contributed by atoms with E-state index in [1.165, 1.54) is 63.7 Å². The standard InChI is InChI=1S/C30H41P/c1-3-5-6-7-8-9-19-27-31(26-4-2,28-20-13-10-14-21-28,29-22-15-11-16-23-29)30-24-17-12-18-25-30/h10-18,20-25H,3-9,19,26-27H2,1-2H3. The summed E-state index contributed by atoms with van der Waals surface area (Å²) in [6.45, 7) is 2.11. The number of unbranched alkanes of at least 4 members (excludes halogenated alkanes) is 6. The summed E-state index contributed by atoms with van der Waals surface area (Å²) in [6, 6.07) is 34.6. The van der Waals surface area contributed by atoms with E-state index in [4.69, 9.17) is 0 Å². The molecule has 0 heterocycles. The van der Waals surface area contributed by atoms with Gasteiger partial charge in [0.05, 0.1) is 0 Å². The SMILES string of the molecule is CCCCCCCCCP(CCC)(c1ccccc1)(c1ccccc1)c1ccccc1. The first-order valence-electron chi connectivity index (χ1n) is 12.4. The third-order valence-electron chi connectivity index (χ3n) is 7.11. The van der Waals surface area contributed by atoms with Crippen molar-refractivity contribution in [2.24, 2.45) is 0 Å². The van der Waals surface area contributed by atoms with Crippen molar-refractivity contribution in [2.75, 3.05) is 12.3 Å². The van der Waals surface area contributed by atoms with E-state index in [1.807, 2.05) is 0 Å². The zero-order valence-corrected chi connectivity index (χ0v) is 20.6. The fraction of sp³-hybridized carbons (Fsp3) is 0.400. The molecule has 0 N–H and O–H groups in total. The minimum atomic E-state index is -2.57. The molecule has 0 unspecified atom stereocenters. The van der Waals surface area contributed by atoms with Crippen LogP contribution in [-0.2, 0) is 0 Å². The summed E-state index contributed by atoms with van der Waals surface area (Å²) in [5.74, 6) is 0. The van der Waals surface area contributed by atoms with Gasteiger partial charge in [-0.3, -0.25) is 0 Å². The molecule has 0 aliphatic rings. The predicted molar refractivity (Wildman–Crippen MR) is 143 cm³/mol. The molecule has 0 saturated heterocycles. The zero-order chi connectivity index (χ0) is 21.9. The number of rotatable bonds is 13. The fourth-order valence-corrected chi connectivity index (χ4v) is 12.9. The number of hydrogen-bond donors (Lipinski definition) is 0. The van der Waals surface area contributed by atoms with Gasteiger partial charge in [0.25, 0.3) is 0 Å². The second kappa shape index (κ2) is 11.6. The van der Waals surface area contributed by atoms with Gasteiger partial charge in [0.15, 0.2) is 0 Å². The van der Waals surface area contributed by atoms with Gasteiger partial charge in [0, 0.05) is 0 Å². The van der Waals surface area contributed by atoms with Crippen LogP contribution >= 0.6 is 6.60 Å². The van der Waals surface area contributed by atoms with Crippen LogP contribution < -0.4 is 15.9 Å². The minimum absolute atomic E-state index is 1.20. The fourth-order valence-electron chi connectivity index (χ4n) is 5.61. The summed E-state index contributed by atoms with van der Waals surface area (Å²) >= 11 is 0. The Morgan fingerprint density at radius 3 is 1.19 bits per heavy atom. The predicted octanol–water partition coefficient (Wildman–Crippen LogP) is 7.68. The second-order valence-electron chi connectivity index (χ2n) is 9.08. The Balaban J connectivity index is 2.10. The van der Waals surface area contributed by atoms with E-state index in [0.29, 0.717) is 0 Å². The molecule has 3 aromatic rings. The van der Waals surface area contributed by atoms with E-state index in [0.717, 1.165) is 0 Å². The van der Waals surface area contributed by atoms with Gasteiger partial charge in [-0.2, -0.15) is 0 Å². The van der Waals surface area contributed by atoms with Crippen LogP contribution in [0.1, 0.15) is 65.2 Å². The third-order valence-corrected chi connectivity index (χ3v) is 14.5. The molecule has 0 saturated carbocycles. The summed E-state index contributed by atoms with van der Waals surface area (Å²) in [5.41, 5.74) is 0. The van der Waals surface area contributed by atoms with Crippen LogP contribution in [0.25, 0.3) is 0 Å². The van der Waals surface area contributed by atoms with Crippen LogP contribution in [0, 0.1) is 0 Å². The van der Waals surface area contributed by atoms with Crippen LogP contribution in [0.15, 0.2) is 91.0 Å². The zero-order valence-electron chi connectivity index (χ0n) is 19.7. The molecule has 0 aliphatic heterocycles. The summed E-state index contributed by atoms with van der Waals surface area (Å²) in [5, 5.41) is 4.70. The van der Waals surface area contributed by atoms with Gasteiger partial charge >= 0.3 is 191 Å². The molecule has 166 valence electrons. The van der Waals surface area contributed by atoms with Gasteiger partial charge in [-0.05, 0) is 0 Å². The van der Waals surface area contributed by atoms with Crippen LogP contribution in [0.4, 0.5) is 0 Å². The second-order valence-corrected chi connectivity index (χ2v) is 14.5. The monoisotopic (exact) mass is 432 g/mol. The van der Waals surface area contributed by atoms with E-state index < -0.39 is 6.60 Å². The summed E-state index contributed by atoms with van der Waals surface area (Å²) in [7, 11) is 0. The molecule has 31 heavy (non-hydrogen) atoms. The Labute approximate surface area is 191 Å². The van der Waals surface area contributed by atoms with Crippen LogP contribution in [0.3, 0.4) is 0 Å². The molecule has 1 heteroatoms. The molecule has 0 fully saturated rings. The van der Waals surface area contributed by atoms with Crippen LogP contribution in [0.5, 0.6) is 0 Å². The third kappa shape index (κ3) is 4.96. The molecule has 3 aromatic carbocycles. The van der Waals surface area contributed by atoms with Crippen molar-refractivity contribution in [3.8, 4) is 0 Å². The molecule has 3 rings (SSSR count). The molecule has 0 atom stereocenters. The first-order chi connectivity index (χ1) is 15.3. The van der Waals surface area contributed by atoms with Gasteiger partial charge in [-0.1, -0.05) is 0 Å². The van der Waals surface area contributed by atoms with Gasteiger partial charge in [0.1, 0.15) is 0 Å². The van der Waals surface area contributed by atoms with E-state index >= 15 is 0 Å². The van der Waals surface area contributed by atoms with Crippen molar-refractivity contribution >= 4 is 22.5 Å². The average Bonchev–Trinajstić information content (AvgIpc) is 2.84. The molecule has 0 bridgehead atoms. The van der Waals surface area contributed by atoms with Crippen molar-refractivity contribution in [2.45, 2.75) is 65.2 Å². The van der Waals surface area contributed by atoms with Gasteiger partial charge < -0.3 is 0 Å². The molecular formula is C30H41P. The van der Waals surface area contributed by atoms with Crippen molar-refractivity contribution < 1.29 is 0 Å². The van der Waals surface area contributed by atoms with Crippen LogP contribution in [0.2, 0.25) is 0 Å². The van der Waals surface area contributed by atoms with E-state index in [2.05, 4.69) is 105 Å². The average molecular weight is 433 g/mol. The Kier molecular flexibility index (Phi) is 8.91. The quantitative estimate of drug-likeness (QED) is 0.192. The van der Waals surface area contributed by atoms with Crippen molar-refractivity contribution in [3.63, 3.8) is 0 Å². The topological polar surface area (TPSA) is 0 Å². The number of hydrogen-bond acceptors (Lipinski definition) is 0. The van der Waals surface area contributed by atoms with Gasteiger partial charge in [-0.25, -0.2) is 0 Å². The molecule has 0 radical (unpaired) electrons. The van der Waals surface area contributed by atoms with Crippen molar-refractivity contribution in [3.05, 3.63) is 91.0 Å². The summed E-state index contributed by atoms with van der Waals surface area (Å²) in [6.07, 6.45) is 13.2. The molecule has 0 spiro atoms. The van der Waals surface area contributed by atoms with Crippen LogP contribution in [-0.4, -0.2) is 12.3 Å². The van der Waals surface area contributed by atoms with E-state index in [1.54, 1.807) is 15.9 Å². The van der Waals surface area contributed by atoms with E-state index in [9.17, 15) is 0 Å². The normalized spacial score (nSPS) is 12.9.